The molecular formula is C20H27F3N6. The van der Waals surface area contributed by atoms with Gasteiger partial charge in [-0.2, -0.15) is 13.2 Å². The van der Waals surface area contributed by atoms with Gasteiger partial charge in [0, 0.05) is 13.1 Å². The SMILES string of the molecule is Cc1nnc(CNC(=NCc2ccccc2)NC2CCCC(C(F)(F)F)C2)n1C. The second-order valence-corrected chi connectivity index (χ2v) is 7.47. The molecule has 2 aromatic rings. The standard InChI is InChI=1S/C20H27F3N6/c1-14-27-28-18(29(14)2)13-25-19(24-12-15-7-4-3-5-8-15)26-17-10-6-9-16(11-17)20(21,22)23/h3-5,7-8,16-17H,6,9-13H2,1-2H3,(H2,24,25,26). The van der Waals surface area contributed by atoms with Crippen LogP contribution in [-0.4, -0.2) is 32.9 Å². The zero-order valence-corrected chi connectivity index (χ0v) is 16.7. The molecule has 9 heteroatoms. The smallest absolute Gasteiger partial charge is 0.354 e. The van der Waals surface area contributed by atoms with E-state index in [9.17, 15) is 13.2 Å². The van der Waals surface area contributed by atoms with Crippen molar-refractivity contribution in [1.29, 1.82) is 0 Å². The molecule has 0 spiro atoms. The van der Waals surface area contributed by atoms with E-state index in [1.165, 1.54) is 0 Å². The van der Waals surface area contributed by atoms with Crippen molar-refractivity contribution in [3.63, 3.8) is 0 Å². The number of aromatic nitrogens is 3. The molecule has 1 heterocycles. The Balaban J connectivity index is 1.68. The minimum absolute atomic E-state index is 0.0681. The van der Waals surface area contributed by atoms with Gasteiger partial charge in [-0.3, -0.25) is 0 Å². The van der Waals surface area contributed by atoms with Crippen LogP contribution in [0, 0.1) is 12.8 Å². The summed E-state index contributed by atoms with van der Waals surface area (Å²) < 4.78 is 41.3. The molecule has 3 rings (SSSR count). The van der Waals surface area contributed by atoms with E-state index in [1.807, 2.05) is 48.9 Å². The van der Waals surface area contributed by atoms with E-state index in [-0.39, 0.29) is 18.9 Å². The van der Waals surface area contributed by atoms with Crippen LogP contribution in [0.15, 0.2) is 35.3 Å². The third-order valence-electron chi connectivity index (χ3n) is 5.34. The molecule has 2 N–H and O–H groups in total. The number of nitrogens with zero attached hydrogens (tertiary/aromatic N) is 4. The van der Waals surface area contributed by atoms with Crippen molar-refractivity contribution in [2.45, 2.75) is 57.9 Å². The fraction of sp³-hybridized carbons (Fsp3) is 0.550. The van der Waals surface area contributed by atoms with Gasteiger partial charge in [0.25, 0.3) is 0 Å². The Hall–Kier alpha value is -2.58. The van der Waals surface area contributed by atoms with Gasteiger partial charge in [-0.25, -0.2) is 4.99 Å². The van der Waals surface area contributed by atoms with Gasteiger partial charge in [-0.15, -0.1) is 10.2 Å². The van der Waals surface area contributed by atoms with E-state index in [4.69, 9.17) is 0 Å². The first-order valence-electron chi connectivity index (χ1n) is 9.83. The normalized spacial score (nSPS) is 20.5. The predicted molar refractivity (Wildman–Crippen MR) is 105 cm³/mol. The third-order valence-corrected chi connectivity index (χ3v) is 5.34. The number of hydrogen-bond donors (Lipinski definition) is 2. The fourth-order valence-electron chi connectivity index (χ4n) is 3.49. The van der Waals surface area contributed by atoms with Crippen LogP contribution in [0.4, 0.5) is 13.2 Å². The van der Waals surface area contributed by atoms with Gasteiger partial charge in [0.2, 0.25) is 0 Å². The molecule has 0 saturated heterocycles. The largest absolute Gasteiger partial charge is 0.391 e. The Morgan fingerprint density at radius 3 is 2.62 bits per heavy atom. The number of aliphatic imine (C=N–C) groups is 1. The summed E-state index contributed by atoms with van der Waals surface area (Å²) in [5.74, 6) is 0.749. The minimum Gasteiger partial charge on any atom is -0.354 e. The highest BCUT2D eigenvalue weighted by molar-refractivity contribution is 5.80. The first kappa shape index (κ1) is 21.1. The number of hydrogen-bond acceptors (Lipinski definition) is 3. The monoisotopic (exact) mass is 408 g/mol. The second-order valence-electron chi connectivity index (χ2n) is 7.47. The first-order valence-corrected chi connectivity index (χ1v) is 9.83. The topological polar surface area (TPSA) is 67.1 Å². The van der Waals surface area contributed by atoms with Crippen LogP contribution >= 0.6 is 0 Å². The van der Waals surface area contributed by atoms with Crippen LogP contribution in [0.5, 0.6) is 0 Å². The fourth-order valence-corrected chi connectivity index (χ4v) is 3.49. The lowest BCUT2D eigenvalue weighted by Gasteiger charge is -2.32. The Morgan fingerprint density at radius 1 is 1.21 bits per heavy atom. The molecule has 0 amide bonds. The molecule has 1 saturated carbocycles. The Kier molecular flexibility index (Phi) is 6.76. The first-order chi connectivity index (χ1) is 13.8. The van der Waals surface area contributed by atoms with Crippen molar-refractivity contribution in [2.24, 2.45) is 18.0 Å². The molecule has 1 aliphatic carbocycles. The van der Waals surface area contributed by atoms with Gasteiger partial charge in [-0.1, -0.05) is 36.8 Å². The third kappa shape index (κ3) is 5.95. The zero-order valence-electron chi connectivity index (χ0n) is 16.7. The van der Waals surface area contributed by atoms with E-state index < -0.39 is 12.1 Å². The number of benzene rings is 1. The number of aryl methyl sites for hydroxylation is 1. The number of rotatable bonds is 5. The van der Waals surface area contributed by atoms with Gasteiger partial charge in [-0.05, 0) is 31.7 Å². The van der Waals surface area contributed by atoms with Crippen molar-refractivity contribution >= 4 is 5.96 Å². The van der Waals surface area contributed by atoms with Crippen molar-refractivity contribution in [1.82, 2.24) is 25.4 Å². The molecular weight excluding hydrogens is 381 g/mol. The highest BCUT2D eigenvalue weighted by atomic mass is 19.4. The number of nitrogens with one attached hydrogen (secondary N) is 2. The molecule has 0 radical (unpaired) electrons. The number of alkyl halides is 3. The molecule has 2 atom stereocenters. The molecule has 29 heavy (non-hydrogen) atoms. The van der Waals surface area contributed by atoms with Crippen LogP contribution in [0.1, 0.15) is 42.9 Å². The molecule has 1 aromatic heterocycles. The zero-order chi connectivity index (χ0) is 20.9. The van der Waals surface area contributed by atoms with Crippen LogP contribution < -0.4 is 10.6 Å². The lowest BCUT2D eigenvalue weighted by Crippen LogP contribution is -2.46. The average molecular weight is 408 g/mol. The summed E-state index contributed by atoms with van der Waals surface area (Å²) in [6, 6.07) is 9.46. The van der Waals surface area contributed by atoms with E-state index in [1.54, 1.807) is 0 Å². The van der Waals surface area contributed by atoms with Gasteiger partial charge < -0.3 is 15.2 Å². The van der Waals surface area contributed by atoms with Crippen LogP contribution in [-0.2, 0) is 20.1 Å². The summed E-state index contributed by atoms with van der Waals surface area (Å²) in [6.45, 7) is 2.68. The quantitative estimate of drug-likeness (QED) is 0.587. The molecule has 2 unspecified atom stereocenters. The molecule has 1 aromatic carbocycles. The maximum atomic E-state index is 13.1. The molecule has 158 valence electrons. The van der Waals surface area contributed by atoms with E-state index in [0.717, 1.165) is 17.2 Å². The van der Waals surface area contributed by atoms with Crippen molar-refractivity contribution < 1.29 is 13.2 Å². The number of halogens is 3. The van der Waals surface area contributed by atoms with Crippen LogP contribution in [0.2, 0.25) is 0 Å². The lowest BCUT2D eigenvalue weighted by molar-refractivity contribution is -0.183. The minimum atomic E-state index is -4.15. The summed E-state index contributed by atoms with van der Waals surface area (Å²) in [4.78, 5) is 4.58. The van der Waals surface area contributed by atoms with Gasteiger partial charge >= 0.3 is 6.18 Å². The summed E-state index contributed by atoms with van der Waals surface area (Å²) in [7, 11) is 1.87. The maximum absolute atomic E-state index is 13.1. The van der Waals surface area contributed by atoms with Crippen LogP contribution in [0.25, 0.3) is 0 Å². The lowest BCUT2D eigenvalue weighted by atomic mass is 9.85. The Labute approximate surface area is 168 Å². The molecule has 1 aliphatic rings. The maximum Gasteiger partial charge on any atom is 0.391 e. The summed E-state index contributed by atoms with van der Waals surface area (Å²) in [6.07, 6.45) is -2.63. The van der Waals surface area contributed by atoms with Gasteiger partial charge in [0.15, 0.2) is 11.8 Å². The average Bonchev–Trinajstić information content (AvgIpc) is 3.02. The summed E-state index contributed by atoms with van der Waals surface area (Å²) in [5, 5.41) is 14.5. The van der Waals surface area contributed by atoms with Crippen LogP contribution in [0.3, 0.4) is 0 Å². The van der Waals surface area contributed by atoms with Gasteiger partial charge in [0.1, 0.15) is 5.82 Å². The summed E-state index contributed by atoms with van der Waals surface area (Å²) in [5.41, 5.74) is 1.03. The Bertz CT molecular complexity index is 815. The van der Waals surface area contributed by atoms with Crippen molar-refractivity contribution in [3.8, 4) is 0 Å². The Morgan fingerprint density at radius 2 is 1.97 bits per heavy atom. The van der Waals surface area contributed by atoms with E-state index in [2.05, 4.69) is 25.8 Å². The molecule has 0 aliphatic heterocycles. The predicted octanol–water partition coefficient (Wildman–Crippen LogP) is 3.48. The van der Waals surface area contributed by atoms with Gasteiger partial charge in [0.05, 0.1) is 19.0 Å². The highest BCUT2D eigenvalue weighted by Crippen LogP contribution is 2.37. The van der Waals surface area contributed by atoms with E-state index >= 15 is 0 Å². The van der Waals surface area contributed by atoms with E-state index in [0.29, 0.717) is 31.9 Å². The molecule has 6 nitrogen and oxygen atoms in total. The second kappa shape index (κ2) is 9.28. The van der Waals surface area contributed by atoms with Crippen molar-refractivity contribution in [2.75, 3.05) is 0 Å². The summed E-state index contributed by atoms with van der Waals surface area (Å²) >= 11 is 0. The number of guanidine groups is 1. The molecule has 0 bridgehead atoms. The van der Waals surface area contributed by atoms with Crippen molar-refractivity contribution in [3.05, 3.63) is 47.5 Å². The highest BCUT2D eigenvalue weighted by Gasteiger charge is 2.42. The molecule has 1 fully saturated rings.